The van der Waals surface area contributed by atoms with Gasteiger partial charge in [-0.3, -0.25) is 4.68 Å². The van der Waals surface area contributed by atoms with Crippen molar-refractivity contribution in [1.82, 2.24) is 15.1 Å². The molecule has 0 saturated heterocycles. The third-order valence-electron chi connectivity index (χ3n) is 3.22. The summed E-state index contributed by atoms with van der Waals surface area (Å²) in [5.41, 5.74) is 2.35. The highest BCUT2D eigenvalue weighted by molar-refractivity contribution is 5.59. The van der Waals surface area contributed by atoms with Crippen LogP contribution in [0.2, 0.25) is 0 Å². The van der Waals surface area contributed by atoms with Gasteiger partial charge in [-0.1, -0.05) is 12.1 Å². The first kappa shape index (κ1) is 11.4. The minimum absolute atomic E-state index is 0.161. The molecule has 0 aliphatic heterocycles. The highest BCUT2D eigenvalue weighted by Gasteiger charge is 2.20. The van der Waals surface area contributed by atoms with Crippen LogP contribution in [0.3, 0.4) is 0 Å². The topological polar surface area (TPSA) is 29.9 Å². The lowest BCUT2D eigenvalue weighted by Crippen LogP contribution is -2.16. The molecule has 2 aromatic rings. The van der Waals surface area contributed by atoms with Gasteiger partial charge in [0.25, 0.3) is 0 Å². The zero-order chi connectivity index (χ0) is 12.5. The minimum atomic E-state index is -0.161. The van der Waals surface area contributed by atoms with Gasteiger partial charge in [-0.25, -0.2) is 4.39 Å². The second-order valence-electron chi connectivity index (χ2n) is 4.84. The van der Waals surface area contributed by atoms with Gasteiger partial charge in [-0.2, -0.15) is 5.10 Å². The fraction of sp³-hybridized carbons (Fsp3) is 0.357. The number of benzene rings is 1. The third-order valence-corrected chi connectivity index (χ3v) is 3.22. The van der Waals surface area contributed by atoms with Crippen LogP contribution in [0.1, 0.15) is 18.4 Å². The summed E-state index contributed by atoms with van der Waals surface area (Å²) in [6.45, 7) is 0.610. The van der Waals surface area contributed by atoms with E-state index < -0.39 is 0 Å². The summed E-state index contributed by atoms with van der Waals surface area (Å²) in [6.07, 6.45) is 4.29. The minimum Gasteiger partial charge on any atom is -0.310 e. The molecule has 1 fully saturated rings. The average Bonchev–Trinajstić information content (AvgIpc) is 3.08. The summed E-state index contributed by atoms with van der Waals surface area (Å²) >= 11 is 0. The standard InChI is InChI=1S/C14H16FN3/c1-18-7-6-14(17-18)10-2-3-11(13(15)8-10)9-16-12-4-5-12/h2-3,6-8,12,16H,4-5,9H2,1H3. The van der Waals surface area contributed by atoms with Gasteiger partial charge in [-0.05, 0) is 25.0 Å². The fourth-order valence-corrected chi connectivity index (χ4v) is 1.96. The van der Waals surface area contributed by atoms with E-state index in [1.807, 2.05) is 31.4 Å². The van der Waals surface area contributed by atoms with Gasteiger partial charge in [0.15, 0.2) is 0 Å². The van der Waals surface area contributed by atoms with Crippen molar-refractivity contribution in [2.24, 2.45) is 7.05 Å². The Hall–Kier alpha value is -1.68. The zero-order valence-corrected chi connectivity index (χ0v) is 10.4. The molecule has 0 amide bonds. The molecule has 1 N–H and O–H groups in total. The molecular weight excluding hydrogens is 229 g/mol. The van der Waals surface area contributed by atoms with Crippen LogP contribution < -0.4 is 5.32 Å². The summed E-state index contributed by atoms with van der Waals surface area (Å²) in [5.74, 6) is -0.161. The molecule has 3 rings (SSSR count). The van der Waals surface area contributed by atoms with Crippen LogP contribution >= 0.6 is 0 Å². The quantitative estimate of drug-likeness (QED) is 0.896. The molecule has 4 heteroatoms. The molecule has 94 valence electrons. The van der Waals surface area contributed by atoms with E-state index in [0.717, 1.165) is 16.8 Å². The zero-order valence-electron chi connectivity index (χ0n) is 10.4. The molecule has 0 bridgehead atoms. The highest BCUT2D eigenvalue weighted by Crippen LogP contribution is 2.22. The maximum atomic E-state index is 13.9. The average molecular weight is 245 g/mol. The van der Waals surface area contributed by atoms with Gasteiger partial charge in [0.05, 0.1) is 5.69 Å². The maximum Gasteiger partial charge on any atom is 0.128 e. The van der Waals surface area contributed by atoms with Gasteiger partial charge in [0.1, 0.15) is 5.82 Å². The molecule has 3 nitrogen and oxygen atoms in total. The number of rotatable bonds is 4. The van der Waals surface area contributed by atoms with Crippen LogP contribution in [0, 0.1) is 5.82 Å². The van der Waals surface area contributed by atoms with Gasteiger partial charge in [-0.15, -0.1) is 0 Å². The Morgan fingerprint density at radius 3 is 2.83 bits per heavy atom. The molecule has 1 saturated carbocycles. The normalized spacial score (nSPS) is 15.0. The predicted octanol–water partition coefficient (Wildman–Crippen LogP) is 2.48. The number of nitrogens with one attached hydrogen (secondary N) is 1. The lowest BCUT2D eigenvalue weighted by molar-refractivity contribution is 0.587. The van der Waals surface area contributed by atoms with Gasteiger partial charge < -0.3 is 5.32 Å². The van der Waals surface area contributed by atoms with Crippen molar-refractivity contribution >= 4 is 0 Å². The van der Waals surface area contributed by atoms with Crippen molar-refractivity contribution in [3.05, 3.63) is 41.8 Å². The molecule has 0 radical (unpaired) electrons. The largest absolute Gasteiger partial charge is 0.310 e. The molecule has 0 atom stereocenters. The smallest absolute Gasteiger partial charge is 0.128 e. The highest BCUT2D eigenvalue weighted by atomic mass is 19.1. The summed E-state index contributed by atoms with van der Waals surface area (Å²) in [7, 11) is 1.85. The molecule has 0 spiro atoms. The Morgan fingerprint density at radius 1 is 1.39 bits per heavy atom. The number of aromatic nitrogens is 2. The molecule has 1 aliphatic carbocycles. The van der Waals surface area contributed by atoms with E-state index in [0.29, 0.717) is 12.6 Å². The van der Waals surface area contributed by atoms with Gasteiger partial charge in [0, 0.05) is 37.0 Å². The molecule has 18 heavy (non-hydrogen) atoms. The van der Waals surface area contributed by atoms with Crippen LogP contribution in [0.4, 0.5) is 4.39 Å². The molecule has 0 unspecified atom stereocenters. The number of nitrogens with zero attached hydrogens (tertiary/aromatic N) is 2. The van der Waals surface area contributed by atoms with Crippen molar-refractivity contribution in [2.45, 2.75) is 25.4 Å². The van der Waals surface area contributed by atoms with Crippen molar-refractivity contribution in [1.29, 1.82) is 0 Å². The first-order valence-corrected chi connectivity index (χ1v) is 6.24. The molecule has 1 aliphatic rings. The Bertz CT molecular complexity index is 558. The van der Waals surface area contributed by atoms with E-state index in [1.54, 1.807) is 10.7 Å². The van der Waals surface area contributed by atoms with E-state index in [1.165, 1.54) is 12.8 Å². The maximum absolute atomic E-state index is 13.9. The number of halogens is 1. The van der Waals surface area contributed by atoms with Crippen LogP contribution in [-0.2, 0) is 13.6 Å². The van der Waals surface area contributed by atoms with Crippen molar-refractivity contribution in [3.63, 3.8) is 0 Å². The van der Waals surface area contributed by atoms with Crippen LogP contribution in [0.15, 0.2) is 30.5 Å². The van der Waals surface area contributed by atoms with E-state index in [-0.39, 0.29) is 5.82 Å². The van der Waals surface area contributed by atoms with E-state index >= 15 is 0 Å². The number of hydrogen-bond acceptors (Lipinski definition) is 2. The first-order valence-electron chi connectivity index (χ1n) is 6.24. The van der Waals surface area contributed by atoms with Gasteiger partial charge in [0.2, 0.25) is 0 Å². The lowest BCUT2D eigenvalue weighted by Gasteiger charge is -2.06. The molecule has 1 aromatic heterocycles. The fourth-order valence-electron chi connectivity index (χ4n) is 1.96. The Kier molecular flexibility index (Phi) is 2.88. The Morgan fingerprint density at radius 2 is 2.22 bits per heavy atom. The van der Waals surface area contributed by atoms with E-state index in [9.17, 15) is 4.39 Å². The number of aryl methyl sites for hydroxylation is 1. The van der Waals surface area contributed by atoms with Crippen LogP contribution in [0.25, 0.3) is 11.3 Å². The van der Waals surface area contributed by atoms with E-state index in [4.69, 9.17) is 0 Å². The predicted molar refractivity (Wildman–Crippen MR) is 68.5 cm³/mol. The van der Waals surface area contributed by atoms with Gasteiger partial charge >= 0.3 is 0 Å². The first-order chi connectivity index (χ1) is 8.72. The number of hydrogen-bond donors (Lipinski definition) is 1. The second kappa shape index (κ2) is 4.53. The lowest BCUT2D eigenvalue weighted by atomic mass is 10.1. The molecule has 1 aromatic carbocycles. The Labute approximate surface area is 106 Å². The van der Waals surface area contributed by atoms with Crippen molar-refractivity contribution < 1.29 is 4.39 Å². The Balaban J connectivity index is 1.79. The van der Waals surface area contributed by atoms with Crippen molar-refractivity contribution in [2.75, 3.05) is 0 Å². The van der Waals surface area contributed by atoms with Crippen LogP contribution in [0.5, 0.6) is 0 Å². The van der Waals surface area contributed by atoms with Crippen molar-refractivity contribution in [3.8, 4) is 11.3 Å². The summed E-state index contributed by atoms with van der Waals surface area (Å²) in [5, 5.41) is 7.59. The summed E-state index contributed by atoms with van der Waals surface area (Å²) in [6, 6.07) is 7.81. The van der Waals surface area contributed by atoms with Crippen LogP contribution in [-0.4, -0.2) is 15.8 Å². The third kappa shape index (κ3) is 2.43. The molecule has 1 heterocycles. The molecular formula is C14H16FN3. The summed E-state index contributed by atoms with van der Waals surface area (Å²) < 4.78 is 15.7. The SMILES string of the molecule is Cn1ccc(-c2ccc(CNC3CC3)c(F)c2)n1. The second-order valence-corrected chi connectivity index (χ2v) is 4.84. The monoisotopic (exact) mass is 245 g/mol. The summed E-state index contributed by atoms with van der Waals surface area (Å²) in [4.78, 5) is 0. The van der Waals surface area contributed by atoms with E-state index in [2.05, 4.69) is 10.4 Å².